The van der Waals surface area contributed by atoms with Gasteiger partial charge in [0.2, 0.25) is 5.43 Å². The molecule has 0 bridgehead atoms. The van der Waals surface area contributed by atoms with Crippen molar-refractivity contribution in [3.8, 4) is 17.0 Å². The third-order valence-electron chi connectivity index (χ3n) is 4.49. The number of aryl methyl sites for hydroxylation is 1. The maximum atomic E-state index is 12.7. The van der Waals surface area contributed by atoms with Gasteiger partial charge in [-0.25, -0.2) is 9.78 Å². The molecule has 0 aliphatic rings. The number of aromatic nitrogens is 1. The molecule has 0 aliphatic heterocycles. The second kappa shape index (κ2) is 7.39. The van der Waals surface area contributed by atoms with Crippen molar-refractivity contribution in [2.75, 3.05) is 0 Å². The van der Waals surface area contributed by atoms with Crippen LogP contribution in [0, 0.1) is 12.8 Å². The second-order valence-corrected chi connectivity index (χ2v) is 7.36. The molecule has 2 atom stereocenters. The SMILES string of the molecule is CC[C@H](C)[C@H]([NH3+])C(=O)Oc1ccc2c(=O)c(-c3csc(C)n3)coc2c1. The van der Waals surface area contributed by atoms with Crippen LogP contribution in [0.15, 0.2) is 39.1 Å². The van der Waals surface area contributed by atoms with Crippen LogP contribution in [0.1, 0.15) is 25.3 Å². The molecule has 7 heteroatoms. The molecule has 3 rings (SSSR count). The van der Waals surface area contributed by atoms with Crippen LogP contribution in [0.2, 0.25) is 0 Å². The molecule has 0 fully saturated rings. The molecule has 0 radical (unpaired) electrons. The Kier molecular flexibility index (Phi) is 5.20. The predicted molar refractivity (Wildman–Crippen MR) is 100 cm³/mol. The van der Waals surface area contributed by atoms with Gasteiger partial charge in [-0.15, -0.1) is 11.3 Å². The van der Waals surface area contributed by atoms with Gasteiger partial charge in [0, 0.05) is 17.4 Å². The monoisotopic (exact) mass is 373 g/mol. The maximum absolute atomic E-state index is 12.7. The lowest BCUT2D eigenvalue weighted by atomic mass is 10.0. The first-order valence-electron chi connectivity index (χ1n) is 8.43. The smallest absolute Gasteiger partial charge is 0.370 e. The van der Waals surface area contributed by atoms with Gasteiger partial charge in [-0.2, -0.15) is 0 Å². The minimum absolute atomic E-state index is 0.130. The summed E-state index contributed by atoms with van der Waals surface area (Å²) in [7, 11) is 0. The van der Waals surface area contributed by atoms with Crippen molar-refractivity contribution < 1.29 is 19.7 Å². The van der Waals surface area contributed by atoms with E-state index in [2.05, 4.69) is 10.7 Å². The molecule has 26 heavy (non-hydrogen) atoms. The van der Waals surface area contributed by atoms with Crippen LogP contribution in [0.3, 0.4) is 0 Å². The molecule has 3 aromatic rings. The molecule has 136 valence electrons. The number of hydrogen-bond donors (Lipinski definition) is 1. The third-order valence-corrected chi connectivity index (χ3v) is 5.27. The summed E-state index contributed by atoms with van der Waals surface area (Å²) in [5.41, 5.74) is 5.09. The van der Waals surface area contributed by atoms with Crippen LogP contribution < -0.4 is 15.9 Å². The maximum Gasteiger partial charge on any atom is 0.370 e. The Balaban J connectivity index is 1.91. The lowest BCUT2D eigenvalue weighted by Gasteiger charge is -2.13. The van der Waals surface area contributed by atoms with E-state index < -0.39 is 12.0 Å². The van der Waals surface area contributed by atoms with E-state index in [1.54, 1.807) is 18.2 Å². The zero-order chi connectivity index (χ0) is 18.8. The number of thiazole rings is 1. The first-order valence-corrected chi connectivity index (χ1v) is 9.31. The quantitative estimate of drug-likeness (QED) is 0.548. The van der Waals surface area contributed by atoms with Crippen molar-refractivity contribution >= 4 is 28.3 Å². The Bertz CT molecular complexity index is 1010. The van der Waals surface area contributed by atoms with Gasteiger partial charge in [0.15, 0.2) is 6.04 Å². The number of fused-ring (bicyclic) bond motifs is 1. The summed E-state index contributed by atoms with van der Waals surface area (Å²) in [6.45, 7) is 5.84. The number of carbonyl (C=O) groups is 1. The first-order chi connectivity index (χ1) is 12.4. The summed E-state index contributed by atoms with van der Waals surface area (Å²) in [5, 5.41) is 3.12. The van der Waals surface area contributed by atoms with Crippen LogP contribution in [0.4, 0.5) is 0 Å². The largest absolute Gasteiger partial charge is 0.463 e. The molecule has 0 unspecified atom stereocenters. The second-order valence-electron chi connectivity index (χ2n) is 6.30. The van der Waals surface area contributed by atoms with E-state index >= 15 is 0 Å². The zero-order valence-electron chi connectivity index (χ0n) is 14.9. The van der Waals surface area contributed by atoms with E-state index in [1.807, 2.05) is 26.2 Å². The van der Waals surface area contributed by atoms with E-state index in [0.29, 0.717) is 28.0 Å². The zero-order valence-corrected chi connectivity index (χ0v) is 15.8. The fourth-order valence-corrected chi connectivity index (χ4v) is 3.16. The van der Waals surface area contributed by atoms with Crippen molar-refractivity contribution in [3.05, 3.63) is 45.1 Å². The van der Waals surface area contributed by atoms with Gasteiger partial charge in [-0.05, 0) is 25.5 Å². The highest BCUT2D eigenvalue weighted by Crippen LogP contribution is 2.24. The number of hydrogen-bond acceptors (Lipinski definition) is 6. The summed E-state index contributed by atoms with van der Waals surface area (Å²) in [4.78, 5) is 29.2. The predicted octanol–water partition coefficient (Wildman–Crippen LogP) is 2.79. The van der Waals surface area contributed by atoms with Gasteiger partial charge < -0.3 is 14.9 Å². The van der Waals surface area contributed by atoms with E-state index in [9.17, 15) is 9.59 Å². The summed E-state index contributed by atoms with van der Waals surface area (Å²) < 4.78 is 11.0. The highest BCUT2D eigenvalue weighted by atomic mass is 32.1. The number of rotatable bonds is 5. The number of quaternary nitrogens is 1. The van der Waals surface area contributed by atoms with Crippen molar-refractivity contribution in [3.63, 3.8) is 0 Å². The molecule has 0 amide bonds. The number of ether oxygens (including phenoxy) is 1. The lowest BCUT2D eigenvalue weighted by Crippen LogP contribution is -2.68. The molecular weight excluding hydrogens is 352 g/mol. The Labute approximate surface area is 154 Å². The standard InChI is InChI=1S/C19H20N2O4S/c1-4-10(2)17(20)19(23)25-12-5-6-13-16(7-12)24-8-14(18(13)22)15-9-26-11(3)21-15/h5-10,17H,4,20H2,1-3H3/p+1/t10-,17-/m0/s1. The number of carbonyl (C=O) groups excluding carboxylic acids is 1. The van der Waals surface area contributed by atoms with Gasteiger partial charge in [0.25, 0.3) is 0 Å². The summed E-state index contributed by atoms with van der Waals surface area (Å²) in [6, 6.07) is 4.30. The van der Waals surface area contributed by atoms with Gasteiger partial charge >= 0.3 is 5.97 Å². The van der Waals surface area contributed by atoms with Crippen LogP contribution in [-0.2, 0) is 4.79 Å². The van der Waals surface area contributed by atoms with Crippen LogP contribution >= 0.6 is 11.3 Å². The molecule has 1 aromatic carbocycles. The molecule has 0 saturated heterocycles. The Morgan fingerprint density at radius 3 is 2.85 bits per heavy atom. The van der Waals surface area contributed by atoms with Gasteiger partial charge in [-0.3, -0.25) is 4.79 Å². The minimum Gasteiger partial charge on any atom is -0.463 e. The highest BCUT2D eigenvalue weighted by Gasteiger charge is 2.25. The topological polar surface area (TPSA) is 97.0 Å². The minimum atomic E-state index is -0.446. The van der Waals surface area contributed by atoms with Crippen LogP contribution in [0.25, 0.3) is 22.2 Å². The fraction of sp³-hybridized carbons (Fsp3) is 0.316. The third kappa shape index (κ3) is 3.54. The van der Waals surface area contributed by atoms with Crippen LogP contribution in [-0.4, -0.2) is 17.0 Å². The molecule has 6 nitrogen and oxygen atoms in total. The van der Waals surface area contributed by atoms with Gasteiger partial charge in [-0.1, -0.05) is 13.8 Å². The van der Waals surface area contributed by atoms with E-state index in [4.69, 9.17) is 9.15 Å². The van der Waals surface area contributed by atoms with Crippen molar-refractivity contribution in [1.82, 2.24) is 4.98 Å². The Morgan fingerprint density at radius 2 is 2.19 bits per heavy atom. The lowest BCUT2D eigenvalue weighted by molar-refractivity contribution is -0.418. The van der Waals surface area contributed by atoms with E-state index in [-0.39, 0.29) is 11.3 Å². The number of nitrogens with zero attached hydrogens (tertiary/aromatic N) is 1. The van der Waals surface area contributed by atoms with Crippen molar-refractivity contribution in [2.45, 2.75) is 33.2 Å². The number of benzene rings is 1. The summed E-state index contributed by atoms with van der Waals surface area (Å²) in [6.07, 6.45) is 2.24. The summed E-state index contributed by atoms with van der Waals surface area (Å²) in [5.74, 6) is 0.0699. The highest BCUT2D eigenvalue weighted by molar-refractivity contribution is 7.09. The molecule has 3 N–H and O–H groups in total. The van der Waals surface area contributed by atoms with Gasteiger partial charge in [0.1, 0.15) is 17.6 Å². The van der Waals surface area contributed by atoms with E-state index in [1.165, 1.54) is 17.6 Å². The summed E-state index contributed by atoms with van der Waals surface area (Å²) >= 11 is 1.47. The average molecular weight is 373 g/mol. The molecule has 0 spiro atoms. The first kappa shape index (κ1) is 18.3. The Morgan fingerprint density at radius 1 is 1.42 bits per heavy atom. The van der Waals surface area contributed by atoms with Crippen molar-refractivity contribution in [2.24, 2.45) is 5.92 Å². The van der Waals surface area contributed by atoms with Gasteiger partial charge in [0.05, 0.1) is 21.7 Å². The molecule has 0 aliphatic carbocycles. The fourth-order valence-electron chi connectivity index (χ4n) is 2.54. The average Bonchev–Trinajstić information content (AvgIpc) is 3.06. The van der Waals surface area contributed by atoms with Crippen LogP contribution in [0.5, 0.6) is 5.75 Å². The molecule has 2 heterocycles. The number of esters is 1. The Hall–Kier alpha value is -2.51. The molecular formula is C19H21N2O4S+. The normalized spacial score (nSPS) is 13.5. The molecule has 0 saturated carbocycles. The van der Waals surface area contributed by atoms with E-state index in [0.717, 1.165) is 11.4 Å². The molecule has 2 aromatic heterocycles. The van der Waals surface area contributed by atoms with Crippen molar-refractivity contribution in [1.29, 1.82) is 0 Å².